The van der Waals surface area contributed by atoms with Gasteiger partial charge in [-0.25, -0.2) is 16.8 Å². The van der Waals surface area contributed by atoms with Crippen LogP contribution < -0.4 is 14.3 Å². The van der Waals surface area contributed by atoms with Crippen molar-refractivity contribution in [1.29, 1.82) is 0 Å². The van der Waals surface area contributed by atoms with Gasteiger partial charge in [-0.3, -0.25) is 13.8 Å². The summed E-state index contributed by atoms with van der Waals surface area (Å²) < 4.78 is 55.7. The fourth-order valence-corrected chi connectivity index (χ4v) is 7.21. The minimum Gasteiger partial charge on any atom is -0.325 e. The molecule has 194 valence electrons. The summed E-state index contributed by atoms with van der Waals surface area (Å²) in [5.41, 5.74) is 1.95. The first-order valence-corrected chi connectivity index (χ1v) is 14.8. The summed E-state index contributed by atoms with van der Waals surface area (Å²) in [6.45, 7) is -0.501. The first-order valence-electron chi connectivity index (χ1n) is 11.2. The SMILES string of the molecule is O=C(CN1c2ccc(Cl)cc2-c2ccccc2S1(=O)=O)Nc1ccc(S(=O)(=O)Nc2ccccc2Cl)cc1. The Morgan fingerprint density at radius 2 is 1.53 bits per heavy atom. The van der Waals surface area contributed by atoms with Gasteiger partial charge in [0.25, 0.3) is 20.0 Å². The van der Waals surface area contributed by atoms with Crippen LogP contribution in [0.4, 0.5) is 17.1 Å². The summed E-state index contributed by atoms with van der Waals surface area (Å²) in [6, 6.07) is 23.2. The summed E-state index contributed by atoms with van der Waals surface area (Å²) in [5.74, 6) is -0.612. The van der Waals surface area contributed by atoms with E-state index in [0.29, 0.717) is 21.8 Å². The van der Waals surface area contributed by atoms with Crippen molar-refractivity contribution in [3.8, 4) is 11.1 Å². The number of nitrogens with zero attached hydrogens (tertiary/aromatic N) is 1. The molecule has 12 heteroatoms. The summed E-state index contributed by atoms with van der Waals surface area (Å²) in [4.78, 5) is 13.0. The Hall–Kier alpha value is -3.57. The minimum atomic E-state index is -4.02. The van der Waals surface area contributed by atoms with Gasteiger partial charge in [0.05, 0.1) is 26.2 Å². The fraction of sp³-hybridized carbons (Fsp3) is 0.0385. The van der Waals surface area contributed by atoms with Crippen LogP contribution in [0.5, 0.6) is 0 Å². The highest BCUT2D eigenvalue weighted by Gasteiger charge is 2.36. The molecule has 8 nitrogen and oxygen atoms in total. The number of amides is 1. The molecule has 1 aliphatic heterocycles. The minimum absolute atomic E-state index is 0.0450. The average Bonchev–Trinajstić information content (AvgIpc) is 2.88. The van der Waals surface area contributed by atoms with Gasteiger partial charge in [0.1, 0.15) is 6.54 Å². The molecular formula is C26H19Cl2N3O5S2. The summed E-state index contributed by atoms with van der Waals surface area (Å²) in [5, 5.41) is 3.30. The third-order valence-corrected chi connectivity index (χ3v) is 9.59. The largest absolute Gasteiger partial charge is 0.325 e. The molecule has 0 unspecified atom stereocenters. The van der Waals surface area contributed by atoms with Gasteiger partial charge in [0, 0.05) is 21.8 Å². The average molecular weight is 588 g/mol. The molecule has 38 heavy (non-hydrogen) atoms. The van der Waals surface area contributed by atoms with Gasteiger partial charge >= 0.3 is 0 Å². The third-order valence-electron chi connectivity index (χ3n) is 5.83. The molecule has 0 aromatic heterocycles. The third kappa shape index (κ3) is 4.95. The van der Waals surface area contributed by atoms with E-state index in [9.17, 15) is 21.6 Å². The lowest BCUT2D eigenvalue weighted by Gasteiger charge is -2.31. The number of nitrogens with one attached hydrogen (secondary N) is 2. The van der Waals surface area contributed by atoms with E-state index in [1.54, 1.807) is 54.6 Å². The normalized spacial score (nSPS) is 13.8. The van der Waals surface area contributed by atoms with Crippen molar-refractivity contribution in [1.82, 2.24) is 0 Å². The zero-order valence-corrected chi connectivity index (χ0v) is 22.6. The lowest BCUT2D eigenvalue weighted by molar-refractivity contribution is -0.114. The number of hydrogen-bond acceptors (Lipinski definition) is 5. The monoisotopic (exact) mass is 587 g/mol. The van der Waals surface area contributed by atoms with Crippen LogP contribution >= 0.6 is 23.2 Å². The van der Waals surface area contributed by atoms with E-state index >= 15 is 0 Å². The van der Waals surface area contributed by atoms with Gasteiger partial charge in [-0.05, 0) is 60.7 Å². The van der Waals surface area contributed by atoms with Crippen molar-refractivity contribution < 1.29 is 21.6 Å². The molecule has 0 bridgehead atoms. The van der Waals surface area contributed by atoms with Crippen LogP contribution in [-0.2, 0) is 24.8 Å². The topological polar surface area (TPSA) is 113 Å². The van der Waals surface area contributed by atoms with E-state index in [1.165, 1.54) is 36.4 Å². The number of carbonyl (C=O) groups is 1. The maximum Gasteiger partial charge on any atom is 0.265 e. The molecule has 4 aromatic rings. The lowest BCUT2D eigenvalue weighted by Crippen LogP contribution is -2.40. The molecule has 0 aliphatic carbocycles. The van der Waals surface area contributed by atoms with Crippen LogP contribution in [0.25, 0.3) is 11.1 Å². The standard InChI is InChI=1S/C26H19Cl2N3O5S2/c27-17-9-14-24-21(15-17)20-5-1-4-8-25(20)38(35,36)31(24)16-26(32)29-18-10-12-19(13-11-18)37(33,34)30-23-7-3-2-6-22(23)28/h1-15,30H,16H2,(H,29,32). The van der Waals surface area contributed by atoms with Crippen LogP contribution in [0.1, 0.15) is 0 Å². The summed E-state index contributed by atoms with van der Waals surface area (Å²) in [7, 11) is -7.95. The van der Waals surface area contributed by atoms with Crippen molar-refractivity contribution in [2.24, 2.45) is 0 Å². The number of anilines is 3. The van der Waals surface area contributed by atoms with E-state index in [4.69, 9.17) is 23.2 Å². The van der Waals surface area contributed by atoms with Crippen LogP contribution in [0.3, 0.4) is 0 Å². The smallest absolute Gasteiger partial charge is 0.265 e. The van der Waals surface area contributed by atoms with E-state index in [2.05, 4.69) is 10.0 Å². The van der Waals surface area contributed by atoms with Gasteiger partial charge in [-0.15, -0.1) is 0 Å². The highest BCUT2D eigenvalue weighted by molar-refractivity contribution is 7.93. The zero-order valence-electron chi connectivity index (χ0n) is 19.4. The predicted molar refractivity (Wildman–Crippen MR) is 149 cm³/mol. The zero-order chi connectivity index (χ0) is 27.1. The quantitative estimate of drug-likeness (QED) is 0.304. The number of carbonyl (C=O) groups excluding carboxylic acids is 1. The molecule has 0 radical (unpaired) electrons. The van der Waals surface area contributed by atoms with Crippen LogP contribution in [0.2, 0.25) is 10.0 Å². The highest BCUT2D eigenvalue weighted by atomic mass is 35.5. The molecule has 4 aromatic carbocycles. The number of halogens is 2. The van der Waals surface area contributed by atoms with Gasteiger partial charge < -0.3 is 5.32 Å². The number of benzene rings is 4. The maximum atomic E-state index is 13.4. The van der Waals surface area contributed by atoms with Gasteiger partial charge in [-0.1, -0.05) is 53.5 Å². The molecule has 0 fully saturated rings. The summed E-state index contributed by atoms with van der Waals surface area (Å²) >= 11 is 12.2. The Balaban J connectivity index is 1.36. The van der Waals surface area contributed by atoms with E-state index in [-0.39, 0.29) is 26.2 Å². The van der Waals surface area contributed by atoms with Crippen LogP contribution in [0, 0.1) is 0 Å². The fourth-order valence-electron chi connectivity index (χ4n) is 4.07. The Kier molecular flexibility index (Phi) is 6.83. The van der Waals surface area contributed by atoms with Crippen LogP contribution in [0.15, 0.2) is 101 Å². The molecular weight excluding hydrogens is 569 g/mol. The maximum absolute atomic E-state index is 13.4. The lowest BCUT2D eigenvalue weighted by atomic mass is 10.0. The van der Waals surface area contributed by atoms with Crippen molar-refractivity contribution >= 4 is 66.2 Å². The first-order chi connectivity index (χ1) is 18.1. The molecule has 0 atom stereocenters. The summed E-state index contributed by atoms with van der Waals surface area (Å²) in [6.07, 6.45) is 0. The molecule has 1 aliphatic rings. The molecule has 0 spiro atoms. The highest BCUT2D eigenvalue weighted by Crippen LogP contribution is 2.43. The molecule has 5 rings (SSSR count). The number of fused-ring (bicyclic) bond motifs is 3. The number of para-hydroxylation sites is 1. The van der Waals surface area contributed by atoms with E-state index < -0.39 is 32.5 Å². The Morgan fingerprint density at radius 3 is 2.26 bits per heavy atom. The molecule has 1 heterocycles. The number of sulfonamides is 2. The Labute approximate surface area is 229 Å². The van der Waals surface area contributed by atoms with Crippen molar-refractivity contribution in [3.63, 3.8) is 0 Å². The second-order valence-corrected chi connectivity index (χ2v) is 12.7. The van der Waals surface area contributed by atoms with Gasteiger partial charge in [0.15, 0.2) is 0 Å². The number of rotatable bonds is 6. The Morgan fingerprint density at radius 1 is 0.842 bits per heavy atom. The van der Waals surface area contributed by atoms with Gasteiger partial charge in [-0.2, -0.15) is 0 Å². The van der Waals surface area contributed by atoms with Crippen molar-refractivity contribution in [2.45, 2.75) is 9.79 Å². The molecule has 0 saturated carbocycles. The predicted octanol–water partition coefficient (Wildman–Crippen LogP) is 5.61. The second kappa shape index (κ2) is 9.95. The van der Waals surface area contributed by atoms with E-state index in [1.807, 2.05) is 0 Å². The van der Waals surface area contributed by atoms with Crippen molar-refractivity contribution in [3.05, 3.63) is 101 Å². The molecule has 2 N–H and O–H groups in total. The van der Waals surface area contributed by atoms with Crippen molar-refractivity contribution in [2.75, 3.05) is 20.9 Å². The number of hydrogen-bond donors (Lipinski definition) is 2. The second-order valence-electron chi connectivity index (χ2n) is 8.33. The molecule has 1 amide bonds. The van der Waals surface area contributed by atoms with Crippen LogP contribution in [-0.4, -0.2) is 29.3 Å². The first kappa shape index (κ1) is 26.1. The molecule has 0 saturated heterocycles. The Bertz CT molecular complexity index is 1780. The van der Waals surface area contributed by atoms with E-state index in [0.717, 1.165) is 4.31 Å². The van der Waals surface area contributed by atoms with Gasteiger partial charge in [0.2, 0.25) is 5.91 Å².